The maximum absolute atomic E-state index is 11.0. The average molecular weight is 166 g/mol. The highest BCUT2D eigenvalue weighted by Crippen LogP contribution is 2.41. The third kappa shape index (κ3) is 1.31. The second-order valence-corrected chi connectivity index (χ2v) is 3.87. The number of allylic oxidation sites excluding steroid dienone is 1. The van der Waals surface area contributed by atoms with Gasteiger partial charge in [-0.2, -0.15) is 0 Å². The molecule has 2 aliphatic rings. The number of carbonyl (C=O) groups excluding carboxylic acids is 1. The summed E-state index contributed by atoms with van der Waals surface area (Å²) < 4.78 is 0. The Kier molecular flexibility index (Phi) is 2.01. The molecule has 2 aliphatic carbocycles. The Balaban J connectivity index is 2.00. The first-order chi connectivity index (χ1) is 5.79. The molecule has 0 spiro atoms. The lowest BCUT2D eigenvalue weighted by atomic mass is 9.99. The predicted octanol–water partition coefficient (Wildman–Crippen LogP) is 1.29. The SMILES string of the molecule is O=C1C[C@@H]2CC(CCO)=C[C@@H]2C1. The van der Waals surface area contributed by atoms with E-state index in [9.17, 15) is 4.79 Å². The van der Waals surface area contributed by atoms with Crippen LogP contribution in [0.25, 0.3) is 0 Å². The fraction of sp³-hybridized carbons (Fsp3) is 0.700. The van der Waals surface area contributed by atoms with E-state index < -0.39 is 0 Å². The van der Waals surface area contributed by atoms with E-state index in [0.717, 1.165) is 25.7 Å². The van der Waals surface area contributed by atoms with E-state index in [-0.39, 0.29) is 6.61 Å². The fourth-order valence-electron chi connectivity index (χ4n) is 2.41. The topological polar surface area (TPSA) is 37.3 Å². The molecule has 1 N–H and O–H groups in total. The van der Waals surface area contributed by atoms with Gasteiger partial charge < -0.3 is 5.11 Å². The largest absolute Gasteiger partial charge is 0.396 e. The quantitative estimate of drug-likeness (QED) is 0.628. The van der Waals surface area contributed by atoms with Crippen LogP contribution in [0, 0.1) is 11.8 Å². The fourth-order valence-corrected chi connectivity index (χ4v) is 2.41. The highest BCUT2D eigenvalue weighted by Gasteiger charge is 2.35. The summed E-state index contributed by atoms with van der Waals surface area (Å²) in [6.07, 6.45) is 5.60. The molecule has 12 heavy (non-hydrogen) atoms. The van der Waals surface area contributed by atoms with Gasteiger partial charge in [-0.15, -0.1) is 0 Å². The summed E-state index contributed by atoms with van der Waals surface area (Å²) in [6, 6.07) is 0. The van der Waals surface area contributed by atoms with Crippen molar-refractivity contribution in [3.63, 3.8) is 0 Å². The Morgan fingerprint density at radius 1 is 1.42 bits per heavy atom. The third-order valence-corrected chi connectivity index (χ3v) is 2.97. The molecule has 2 rings (SSSR count). The third-order valence-electron chi connectivity index (χ3n) is 2.97. The molecule has 0 bridgehead atoms. The minimum atomic E-state index is 0.249. The number of hydrogen-bond acceptors (Lipinski definition) is 2. The zero-order valence-corrected chi connectivity index (χ0v) is 7.12. The molecule has 0 aromatic heterocycles. The molecule has 0 heterocycles. The van der Waals surface area contributed by atoms with Gasteiger partial charge in [-0.1, -0.05) is 11.6 Å². The van der Waals surface area contributed by atoms with E-state index in [4.69, 9.17) is 5.11 Å². The van der Waals surface area contributed by atoms with Crippen LogP contribution in [-0.2, 0) is 4.79 Å². The van der Waals surface area contributed by atoms with Gasteiger partial charge in [0.05, 0.1) is 0 Å². The molecular weight excluding hydrogens is 152 g/mol. The van der Waals surface area contributed by atoms with Crippen LogP contribution in [0.15, 0.2) is 11.6 Å². The van der Waals surface area contributed by atoms with E-state index in [1.807, 2.05) is 0 Å². The summed E-state index contributed by atoms with van der Waals surface area (Å²) in [7, 11) is 0. The molecule has 0 aliphatic heterocycles. The van der Waals surface area contributed by atoms with Gasteiger partial charge in [0.1, 0.15) is 5.78 Å². The van der Waals surface area contributed by atoms with Crippen molar-refractivity contribution in [3.8, 4) is 0 Å². The lowest BCUT2D eigenvalue weighted by Crippen LogP contribution is -1.97. The zero-order valence-electron chi connectivity index (χ0n) is 7.12. The van der Waals surface area contributed by atoms with Crippen LogP contribution in [0.3, 0.4) is 0 Å². The molecule has 0 aromatic carbocycles. The molecular formula is C10H14O2. The van der Waals surface area contributed by atoms with Gasteiger partial charge in [-0.25, -0.2) is 0 Å². The van der Waals surface area contributed by atoms with Gasteiger partial charge in [-0.05, 0) is 24.7 Å². The van der Waals surface area contributed by atoms with Gasteiger partial charge in [0, 0.05) is 19.4 Å². The molecule has 0 aromatic rings. The molecule has 2 heteroatoms. The lowest BCUT2D eigenvalue weighted by Gasteiger charge is -2.04. The predicted molar refractivity (Wildman–Crippen MR) is 45.6 cm³/mol. The van der Waals surface area contributed by atoms with E-state index >= 15 is 0 Å². The lowest BCUT2D eigenvalue weighted by molar-refractivity contribution is -0.117. The van der Waals surface area contributed by atoms with Crippen LogP contribution in [0.5, 0.6) is 0 Å². The summed E-state index contributed by atoms with van der Waals surface area (Å²) in [5.41, 5.74) is 1.36. The van der Waals surface area contributed by atoms with Crippen molar-refractivity contribution in [1.82, 2.24) is 0 Å². The molecule has 0 unspecified atom stereocenters. The number of aliphatic hydroxyl groups is 1. The van der Waals surface area contributed by atoms with Crippen molar-refractivity contribution < 1.29 is 9.90 Å². The van der Waals surface area contributed by atoms with Crippen molar-refractivity contribution >= 4 is 5.78 Å². The maximum Gasteiger partial charge on any atom is 0.133 e. The minimum absolute atomic E-state index is 0.249. The second-order valence-electron chi connectivity index (χ2n) is 3.87. The maximum atomic E-state index is 11.0. The van der Waals surface area contributed by atoms with Crippen LogP contribution < -0.4 is 0 Å². The highest BCUT2D eigenvalue weighted by molar-refractivity contribution is 5.82. The van der Waals surface area contributed by atoms with Crippen LogP contribution >= 0.6 is 0 Å². The number of aliphatic hydroxyl groups excluding tert-OH is 1. The first kappa shape index (κ1) is 7.99. The van der Waals surface area contributed by atoms with Crippen molar-refractivity contribution in [1.29, 1.82) is 0 Å². The number of hydrogen-bond donors (Lipinski definition) is 1. The number of fused-ring (bicyclic) bond motifs is 1. The Bertz CT molecular complexity index is 230. The molecule has 0 radical (unpaired) electrons. The highest BCUT2D eigenvalue weighted by atomic mass is 16.3. The molecule has 1 saturated carbocycles. The van der Waals surface area contributed by atoms with E-state index in [2.05, 4.69) is 6.08 Å². The Morgan fingerprint density at radius 3 is 2.92 bits per heavy atom. The van der Waals surface area contributed by atoms with Crippen molar-refractivity contribution in [2.45, 2.75) is 25.7 Å². The summed E-state index contributed by atoms with van der Waals surface area (Å²) >= 11 is 0. The van der Waals surface area contributed by atoms with Crippen LogP contribution in [0.1, 0.15) is 25.7 Å². The van der Waals surface area contributed by atoms with E-state index in [1.165, 1.54) is 5.57 Å². The Morgan fingerprint density at radius 2 is 2.25 bits per heavy atom. The molecule has 66 valence electrons. The summed E-state index contributed by atoms with van der Waals surface area (Å²) in [6.45, 7) is 0.249. The standard InChI is InChI=1S/C10H14O2/c11-2-1-7-3-8-5-10(12)6-9(8)4-7/h3,8-9,11H,1-2,4-6H2/t8-,9+/m1/s1. The molecule has 0 amide bonds. The summed E-state index contributed by atoms with van der Waals surface area (Å²) in [5, 5.41) is 8.73. The number of rotatable bonds is 2. The monoisotopic (exact) mass is 166 g/mol. The molecule has 2 nitrogen and oxygen atoms in total. The average Bonchev–Trinajstić information content (AvgIpc) is 2.44. The van der Waals surface area contributed by atoms with Gasteiger partial charge in [0.15, 0.2) is 0 Å². The number of carbonyl (C=O) groups is 1. The second kappa shape index (κ2) is 3.02. The van der Waals surface area contributed by atoms with Gasteiger partial charge in [0.2, 0.25) is 0 Å². The molecule has 0 saturated heterocycles. The van der Waals surface area contributed by atoms with Crippen LogP contribution in [-0.4, -0.2) is 17.5 Å². The van der Waals surface area contributed by atoms with E-state index in [1.54, 1.807) is 0 Å². The normalized spacial score (nSPS) is 33.8. The summed E-state index contributed by atoms with van der Waals surface area (Å²) in [5.74, 6) is 1.52. The molecule has 2 atom stereocenters. The van der Waals surface area contributed by atoms with Crippen molar-refractivity contribution in [2.75, 3.05) is 6.61 Å². The van der Waals surface area contributed by atoms with Gasteiger partial charge >= 0.3 is 0 Å². The summed E-state index contributed by atoms with van der Waals surface area (Å²) in [4.78, 5) is 11.0. The molecule has 1 fully saturated rings. The Labute approximate surface area is 72.3 Å². The van der Waals surface area contributed by atoms with Crippen LogP contribution in [0.2, 0.25) is 0 Å². The number of Topliss-reactive ketones (excluding diaryl/α,β-unsaturated/α-hetero) is 1. The van der Waals surface area contributed by atoms with Gasteiger partial charge in [-0.3, -0.25) is 4.79 Å². The number of ketones is 1. The first-order valence-corrected chi connectivity index (χ1v) is 4.61. The van der Waals surface area contributed by atoms with Crippen molar-refractivity contribution in [2.24, 2.45) is 11.8 Å². The van der Waals surface area contributed by atoms with E-state index in [0.29, 0.717) is 17.6 Å². The van der Waals surface area contributed by atoms with Crippen LogP contribution in [0.4, 0.5) is 0 Å². The van der Waals surface area contributed by atoms with Crippen molar-refractivity contribution in [3.05, 3.63) is 11.6 Å². The smallest absolute Gasteiger partial charge is 0.133 e. The Hall–Kier alpha value is -0.630. The zero-order chi connectivity index (χ0) is 8.55. The van der Waals surface area contributed by atoms with Gasteiger partial charge in [0.25, 0.3) is 0 Å². The first-order valence-electron chi connectivity index (χ1n) is 4.61. The minimum Gasteiger partial charge on any atom is -0.396 e.